The molecule has 0 spiro atoms. The highest BCUT2D eigenvalue weighted by Gasteiger charge is 2.17. The highest BCUT2D eigenvalue weighted by Crippen LogP contribution is 2.38. The predicted molar refractivity (Wildman–Crippen MR) is 66.4 cm³/mol. The molecule has 0 saturated carbocycles. The van der Waals surface area contributed by atoms with E-state index in [1.54, 1.807) is 14.2 Å². The molecular formula is C12H17BrO2. The van der Waals surface area contributed by atoms with Crippen molar-refractivity contribution in [2.75, 3.05) is 14.2 Å². The summed E-state index contributed by atoms with van der Waals surface area (Å²) >= 11 is 3.49. The zero-order valence-electron chi connectivity index (χ0n) is 9.90. The largest absolute Gasteiger partial charge is 0.496 e. The summed E-state index contributed by atoms with van der Waals surface area (Å²) in [4.78, 5) is 0. The van der Waals surface area contributed by atoms with Crippen LogP contribution in [0.5, 0.6) is 11.5 Å². The molecule has 0 radical (unpaired) electrons. The van der Waals surface area contributed by atoms with Gasteiger partial charge in [0.1, 0.15) is 11.5 Å². The van der Waals surface area contributed by atoms with Crippen LogP contribution in [0, 0.1) is 20.8 Å². The quantitative estimate of drug-likeness (QED) is 0.784. The van der Waals surface area contributed by atoms with Crippen LogP contribution >= 0.6 is 15.9 Å². The highest BCUT2D eigenvalue weighted by atomic mass is 79.9. The van der Waals surface area contributed by atoms with Gasteiger partial charge < -0.3 is 9.47 Å². The van der Waals surface area contributed by atoms with Crippen LogP contribution < -0.4 is 9.47 Å². The van der Waals surface area contributed by atoms with Crippen molar-refractivity contribution < 1.29 is 9.47 Å². The first-order valence-electron chi connectivity index (χ1n) is 4.85. The average Bonchev–Trinajstić information content (AvgIpc) is 2.23. The van der Waals surface area contributed by atoms with Crippen LogP contribution in [0.1, 0.15) is 22.3 Å². The molecule has 0 heterocycles. The summed E-state index contributed by atoms with van der Waals surface area (Å²) in [5.41, 5.74) is 4.61. The van der Waals surface area contributed by atoms with Crippen LogP contribution in [-0.4, -0.2) is 14.2 Å². The van der Waals surface area contributed by atoms with Gasteiger partial charge in [-0.15, -0.1) is 0 Å². The van der Waals surface area contributed by atoms with Gasteiger partial charge >= 0.3 is 0 Å². The van der Waals surface area contributed by atoms with Gasteiger partial charge in [-0.05, 0) is 37.5 Å². The Labute approximate surface area is 99.7 Å². The first-order valence-corrected chi connectivity index (χ1v) is 5.97. The van der Waals surface area contributed by atoms with Crippen molar-refractivity contribution in [3.8, 4) is 11.5 Å². The van der Waals surface area contributed by atoms with Crippen LogP contribution in [0.3, 0.4) is 0 Å². The first-order chi connectivity index (χ1) is 7.08. The van der Waals surface area contributed by atoms with Gasteiger partial charge in [0.05, 0.1) is 14.2 Å². The molecule has 0 aliphatic heterocycles. The van der Waals surface area contributed by atoms with Gasteiger partial charge in [-0.1, -0.05) is 15.9 Å². The second-order valence-corrected chi connectivity index (χ2v) is 4.11. The molecule has 2 nitrogen and oxygen atoms in total. The van der Waals surface area contributed by atoms with Crippen molar-refractivity contribution >= 4 is 15.9 Å². The lowest BCUT2D eigenvalue weighted by atomic mass is 9.98. The molecule has 84 valence electrons. The maximum absolute atomic E-state index is 5.44. The molecule has 0 aliphatic rings. The molecule has 0 bridgehead atoms. The van der Waals surface area contributed by atoms with Crippen LogP contribution in [0.4, 0.5) is 0 Å². The molecule has 0 amide bonds. The van der Waals surface area contributed by atoms with Crippen LogP contribution in [0.25, 0.3) is 0 Å². The van der Waals surface area contributed by atoms with Crippen molar-refractivity contribution in [1.29, 1.82) is 0 Å². The number of ether oxygens (including phenoxy) is 2. The first kappa shape index (κ1) is 12.4. The van der Waals surface area contributed by atoms with E-state index < -0.39 is 0 Å². The summed E-state index contributed by atoms with van der Waals surface area (Å²) in [5, 5.41) is 0.777. The minimum absolute atomic E-state index is 0.777. The summed E-state index contributed by atoms with van der Waals surface area (Å²) in [6.45, 7) is 6.17. The third-order valence-electron chi connectivity index (χ3n) is 2.85. The van der Waals surface area contributed by atoms with E-state index in [-0.39, 0.29) is 0 Å². The summed E-state index contributed by atoms with van der Waals surface area (Å²) in [6.07, 6.45) is 0. The predicted octanol–water partition coefficient (Wildman–Crippen LogP) is 3.52. The van der Waals surface area contributed by atoms with Crippen molar-refractivity contribution in [3.05, 3.63) is 22.3 Å². The Balaban J connectivity index is 3.57. The number of hydrogen-bond donors (Lipinski definition) is 0. The van der Waals surface area contributed by atoms with E-state index in [1.807, 2.05) is 0 Å². The summed E-state index contributed by atoms with van der Waals surface area (Å²) in [6, 6.07) is 0. The Morgan fingerprint density at radius 2 is 1.33 bits per heavy atom. The SMILES string of the molecule is COc1c(C)c(C)c(OC)c(CBr)c1C. The van der Waals surface area contributed by atoms with Gasteiger partial charge in [-0.3, -0.25) is 0 Å². The molecular weight excluding hydrogens is 256 g/mol. The molecule has 0 N–H and O–H groups in total. The molecule has 0 atom stereocenters. The van der Waals surface area contributed by atoms with Gasteiger partial charge in [-0.2, -0.15) is 0 Å². The van der Waals surface area contributed by atoms with Gasteiger partial charge in [0.15, 0.2) is 0 Å². The Morgan fingerprint density at radius 3 is 1.73 bits per heavy atom. The van der Waals surface area contributed by atoms with E-state index in [4.69, 9.17) is 9.47 Å². The Bertz CT molecular complexity index is 373. The lowest BCUT2D eigenvalue weighted by Gasteiger charge is -2.19. The second-order valence-electron chi connectivity index (χ2n) is 3.55. The van der Waals surface area contributed by atoms with Crippen molar-refractivity contribution in [2.45, 2.75) is 26.1 Å². The fraction of sp³-hybridized carbons (Fsp3) is 0.500. The standard InChI is InChI=1S/C12H17BrO2/c1-7-8(2)12(15-5)10(6-13)9(3)11(7)14-4/h6H2,1-5H3. The third-order valence-corrected chi connectivity index (χ3v) is 3.41. The molecule has 3 heteroatoms. The molecule has 1 rings (SSSR count). The van der Waals surface area contributed by atoms with E-state index in [9.17, 15) is 0 Å². The number of halogens is 1. The number of hydrogen-bond acceptors (Lipinski definition) is 2. The van der Waals surface area contributed by atoms with Crippen molar-refractivity contribution in [3.63, 3.8) is 0 Å². The third kappa shape index (κ3) is 1.98. The molecule has 0 fully saturated rings. The van der Waals surface area contributed by atoms with E-state index >= 15 is 0 Å². The maximum Gasteiger partial charge on any atom is 0.126 e. The zero-order valence-corrected chi connectivity index (χ0v) is 11.5. The van der Waals surface area contributed by atoms with Gasteiger partial charge in [-0.25, -0.2) is 0 Å². The molecule has 0 saturated heterocycles. The minimum Gasteiger partial charge on any atom is -0.496 e. The van der Waals surface area contributed by atoms with E-state index in [0.717, 1.165) is 39.1 Å². The Hall–Kier alpha value is -0.700. The summed E-state index contributed by atoms with van der Waals surface area (Å²) in [5.74, 6) is 1.92. The fourth-order valence-corrected chi connectivity index (χ4v) is 2.57. The normalized spacial score (nSPS) is 10.3. The van der Waals surface area contributed by atoms with Crippen LogP contribution in [0.15, 0.2) is 0 Å². The zero-order chi connectivity index (χ0) is 11.6. The second kappa shape index (κ2) is 4.88. The van der Waals surface area contributed by atoms with Gasteiger partial charge in [0.25, 0.3) is 0 Å². The number of alkyl halides is 1. The Kier molecular flexibility index (Phi) is 4.03. The number of rotatable bonds is 3. The molecule has 15 heavy (non-hydrogen) atoms. The van der Waals surface area contributed by atoms with Crippen molar-refractivity contribution in [2.24, 2.45) is 0 Å². The summed E-state index contributed by atoms with van der Waals surface area (Å²) < 4.78 is 10.9. The number of methoxy groups -OCH3 is 2. The smallest absolute Gasteiger partial charge is 0.126 e. The topological polar surface area (TPSA) is 18.5 Å². The number of benzene rings is 1. The van der Waals surface area contributed by atoms with E-state index in [0.29, 0.717) is 0 Å². The molecule has 0 aromatic heterocycles. The summed E-state index contributed by atoms with van der Waals surface area (Å²) in [7, 11) is 3.42. The van der Waals surface area contributed by atoms with Crippen LogP contribution in [-0.2, 0) is 5.33 Å². The molecule has 1 aromatic rings. The van der Waals surface area contributed by atoms with Crippen molar-refractivity contribution in [1.82, 2.24) is 0 Å². The highest BCUT2D eigenvalue weighted by molar-refractivity contribution is 9.08. The lowest BCUT2D eigenvalue weighted by molar-refractivity contribution is 0.392. The van der Waals surface area contributed by atoms with E-state index in [2.05, 4.69) is 36.7 Å². The maximum atomic E-state index is 5.44. The molecule has 0 aliphatic carbocycles. The van der Waals surface area contributed by atoms with Gasteiger partial charge in [0.2, 0.25) is 0 Å². The molecule has 0 unspecified atom stereocenters. The average molecular weight is 273 g/mol. The monoisotopic (exact) mass is 272 g/mol. The van der Waals surface area contributed by atoms with Crippen LogP contribution in [0.2, 0.25) is 0 Å². The van der Waals surface area contributed by atoms with E-state index in [1.165, 1.54) is 0 Å². The Morgan fingerprint density at radius 1 is 0.867 bits per heavy atom. The lowest BCUT2D eigenvalue weighted by Crippen LogP contribution is -2.02. The molecule has 1 aromatic carbocycles. The fourth-order valence-electron chi connectivity index (χ4n) is 1.90. The van der Waals surface area contributed by atoms with Gasteiger partial charge in [0, 0.05) is 10.9 Å². The minimum atomic E-state index is 0.777.